The molecule has 0 amide bonds. The Kier molecular flexibility index (Phi) is 7.57. The fourth-order valence-corrected chi connectivity index (χ4v) is 3.74. The third-order valence-electron chi connectivity index (χ3n) is 5.62. The molecule has 0 heterocycles. The zero-order valence-electron chi connectivity index (χ0n) is 20.2. The van der Waals surface area contributed by atoms with Crippen LogP contribution in [0.5, 0.6) is 23.0 Å². The predicted molar refractivity (Wildman–Crippen MR) is 137 cm³/mol. The lowest BCUT2D eigenvalue weighted by molar-refractivity contribution is 0.0649. The van der Waals surface area contributed by atoms with Gasteiger partial charge in [-0.05, 0) is 78.9 Å². The number of benzene rings is 4. The average Bonchev–Trinajstić information content (AvgIpc) is 2.93. The number of rotatable bonds is 10. The molecule has 4 N–H and O–H groups in total. The van der Waals surface area contributed by atoms with Crippen LogP contribution in [-0.2, 0) is 0 Å². The third-order valence-corrected chi connectivity index (χ3v) is 5.62. The van der Waals surface area contributed by atoms with E-state index in [2.05, 4.69) is 0 Å². The molecule has 0 aliphatic heterocycles. The first-order chi connectivity index (χ1) is 19.0. The van der Waals surface area contributed by atoms with Crippen molar-refractivity contribution in [1.29, 1.82) is 0 Å². The van der Waals surface area contributed by atoms with Gasteiger partial charge >= 0.3 is 23.9 Å². The minimum Gasteiger partial charge on any atom is -0.478 e. The Morgan fingerprint density at radius 1 is 0.475 bits per heavy atom. The van der Waals surface area contributed by atoms with Gasteiger partial charge in [0.2, 0.25) is 0 Å². The first kappa shape index (κ1) is 27.1. The summed E-state index contributed by atoms with van der Waals surface area (Å²) in [6.07, 6.45) is 0. The minimum atomic E-state index is -1.47. The molecule has 4 rings (SSSR count). The molecule has 0 spiro atoms. The lowest BCUT2D eigenvalue weighted by Crippen LogP contribution is -2.09. The SMILES string of the molecule is O=C(c1ccc(Oc2ccc(C(=O)O)c(C(=O)O)c2)cc1)c1ccc(Oc2cccc(C(=O)O)c2C(=O)O)cc1. The van der Waals surface area contributed by atoms with Crippen LogP contribution >= 0.6 is 0 Å². The average molecular weight is 542 g/mol. The van der Waals surface area contributed by atoms with Crippen molar-refractivity contribution >= 4 is 29.7 Å². The van der Waals surface area contributed by atoms with Gasteiger partial charge in [-0.1, -0.05) is 6.07 Å². The molecule has 11 heteroatoms. The number of ether oxygens (including phenoxy) is 2. The van der Waals surface area contributed by atoms with Crippen LogP contribution in [0.1, 0.15) is 57.4 Å². The lowest BCUT2D eigenvalue weighted by Gasteiger charge is -2.11. The molecule has 0 aliphatic rings. The Balaban J connectivity index is 1.48. The monoisotopic (exact) mass is 542 g/mol. The van der Waals surface area contributed by atoms with E-state index in [0.29, 0.717) is 5.56 Å². The molecule has 200 valence electrons. The highest BCUT2D eigenvalue weighted by Gasteiger charge is 2.22. The summed E-state index contributed by atoms with van der Waals surface area (Å²) in [5.74, 6) is -5.66. The molecule has 0 aromatic heterocycles. The molecular formula is C29H18O11. The van der Waals surface area contributed by atoms with E-state index in [1.807, 2.05) is 0 Å². The quantitative estimate of drug-likeness (QED) is 0.191. The molecule has 0 saturated heterocycles. The normalized spacial score (nSPS) is 10.4. The van der Waals surface area contributed by atoms with Crippen molar-refractivity contribution in [3.8, 4) is 23.0 Å². The Morgan fingerprint density at radius 2 is 0.975 bits per heavy atom. The number of hydrogen-bond donors (Lipinski definition) is 4. The summed E-state index contributed by atoms with van der Waals surface area (Å²) in [5.41, 5.74) is -1.16. The Labute approximate surface area is 225 Å². The maximum absolute atomic E-state index is 12.9. The summed E-state index contributed by atoms with van der Waals surface area (Å²) in [6.45, 7) is 0. The number of carboxylic acids is 4. The van der Waals surface area contributed by atoms with Crippen molar-refractivity contribution in [2.45, 2.75) is 0 Å². The van der Waals surface area contributed by atoms with E-state index >= 15 is 0 Å². The molecule has 11 nitrogen and oxygen atoms in total. The van der Waals surface area contributed by atoms with Gasteiger partial charge < -0.3 is 29.9 Å². The van der Waals surface area contributed by atoms with Crippen LogP contribution in [0.2, 0.25) is 0 Å². The van der Waals surface area contributed by atoms with E-state index in [4.69, 9.17) is 14.6 Å². The van der Waals surface area contributed by atoms with Crippen molar-refractivity contribution in [1.82, 2.24) is 0 Å². The molecule has 4 aromatic rings. The van der Waals surface area contributed by atoms with Gasteiger partial charge in [-0.15, -0.1) is 0 Å². The van der Waals surface area contributed by atoms with E-state index in [1.165, 1.54) is 66.7 Å². The molecule has 0 bridgehead atoms. The Hall–Kier alpha value is -5.97. The Bertz CT molecular complexity index is 1650. The van der Waals surface area contributed by atoms with E-state index < -0.39 is 40.6 Å². The topological polar surface area (TPSA) is 185 Å². The molecule has 0 fully saturated rings. The zero-order chi connectivity index (χ0) is 29.0. The first-order valence-electron chi connectivity index (χ1n) is 11.4. The molecule has 0 aliphatic carbocycles. The van der Waals surface area contributed by atoms with Crippen LogP contribution in [0.3, 0.4) is 0 Å². The second-order valence-electron chi connectivity index (χ2n) is 8.19. The van der Waals surface area contributed by atoms with Crippen LogP contribution < -0.4 is 9.47 Å². The number of carboxylic acid groups (broad SMARTS) is 4. The van der Waals surface area contributed by atoms with Crippen molar-refractivity contribution in [2.75, 3.05) is 0 Å². The zero-order valence-corrected chi connectivity index (χ0v) is 20.2. The van der Waals surface area contributed by atoms with Crippen LogP contribution in [0, 0.1) is 0 Å². The molecule has 0 saturated carbocycles. The largest absolute Gasteiger partial charge is 0.478 e. The number of hydrogen-bond acceptors (Lipinski definition) is 7. The number of carbonyl (C=O) groups excluding carboxylic acids is 1. The van der Waals surface area contributed by atoms with Gasteiger partial charge in [0.1, 0.15) is 28.6 Å². The predicted octanol–water partition coefficient (Wildman–Crippen LogP) is 5.30. The van der Waals surface area contributed by atoms with E-state index in [9.17, 15) is 39.3 Å². The number of aromatic carboxylic acids is 4. The van der Waals surface area contributed by atoms with Gasteiger partial charge in [0.25, 0.3) is 0 Å². The van der Waals surface area contributed by atoms with Crippen LogP contribution in [0.15, 0.2) is 84.9 Å². The summed E-state index contributed by atoms with van der Waals surface area (Å²) in [5, 5.41) is 37.1. The highest BCUT2D eigenvalue weighted by Crippen LogP contribution is 2.29. The number of ketones is 1. The summed E-state index contributed by atoms with van der Waals surface area (Å²) < 4.78 is 11.2. The van der Waals surface area contributed by atoms with Crippen molar-refractivity contribution in [3.63, 3.8) is 0 Å². The standard InChI is InChI=1S/C29H18O11/c30-25(15-4-8-17(9-5-15)39-19-12-13-20(26(31)32)22(14-19)28(35)36)16-6-10-18(11-7-16)40-23-3-1-2-21(27(33)34)24(23)29(37)38/h1-14H,(H,31,32)(H,33,34)(H,35,36)(H,37,38). The van der Waals surface area contributed by atoms with Gasteiger partial charge in [0.05, 0.1) is 16.7 Å². The smallest absolute Gasteiger partial charge is 0.340 e. The Morgan fingerprint density at radius 3 is 1.48 bits per heavy atom. The highest BCUT2D eigenvalue weighted by molar-refractivity contribution is 6.09. The number of carbonyl (C=O) groups is 5. The van der Waals surface area contributed by atoms with Gasteiger partial charge in [-0.2, -0.15) is 0 Å². The second kappa shape index (κ2) is 11.2. The lowest BCUT2D eigenvalue weighted by atomic mass is 10.0. The maximum Gasteiger partial charge on any atom is 0.340 e. The van der Waals surface area contributed by atoms with Crippen molar-refractivity contribution in [2.24, 2.45) is 0 Å². The summed E-state index contributed by atoms with van der Waals surface area (Å²) in [4.78, 5) is 58.5. The van der Waals surface area contributed by atoms with E-state index in [1.54, 1.807) is 0 Å². The molecule has 0 unspecified atom stereocenters. The van der Waals surface area contributed by atoms with Crippen LogP contribution in [-0.4, -0.2) is 50.1 Å². The summed E-state index contributed by atoms with van der Waals surface area (Å²) in [7, 11) is 0. The molecule has 0 radical (unpaired) electrons. The maximum atomic E-state index is 12.9. The molecular weight excluding hydrogens is 524 g/mol. The van der Waals surface area contributed by atoms with Crippen LogP contribution in [0.25, 0.3) is 0 Å². The summed E-state index contributed by atoms with van der Waals surface area (Å²) in [6, 6.07) is 19.1. The molecule has 0 atom stereocenters. The summed E-state index contributed by atoms with van der Waals surface area (Å²) >= 11 is 0. The van der Waals surface area contributed by atoms with E-state index in [0.717, 1.165) is 18.2 Å². The van der Waals surface area contributed by atoms with E-state index in [-0.39, 0.29) is 39.9 Å². The minimum absolute atomic E-state index is 0.0945. The van der Waals surface area contributed by atoms with Crippen LogP contribution in [0.4, 0.5) is 0 Å². The van der Waals surface area contributed by atoms with Crippen molar-refractivity contribution < 1.29 is 53.9 Å². The van der Waals surface area contributed by atoms with Crippen molar-refractivity contribution in [3.05, 3.63) is 118 Å². The van der Waals surface area contributed by atoms with Gasteiger partial charge in [-0.25, -0.2) is 19.2 Å². The van der Waals surface area contributed by atoms with Gasteiger partial charge in [0.15, 0.2) is 5.78 Å². The second-order valence-corrected chi connectivity index (χ2v) is 8.19. The van der Waals surface area contributed by atoms with Gasteiger partial charge in [-0.3, -0.25) is 4.79 Å². The fourth-order valence-electron chi connectivity index (χ4n) is 3.74. The highest BCUT2D eigenvalue weighted by atomic mass is 16.5. The molecule has 4 aromatic carbocycles. The molecule has 40 heavy (non-hydrogen) atoms. The third kappa shape index (κ3) is 5.78. The van der Waals surface area contributed by atoms with Gasteiger partial charge in [0, 0.05) is 11.1 Å². The fraction of sp³-hybridized carbons (Fsp3) is 0. The first-order valence-corrected chi connectivity index (χ1v) is 11.4.